The van der Waals surface area contributed by atoms with Gasteiger partial charge in [0.15, 0.2) is 0 Å². The van der Waals surface area contributed by atoms with Crippen LogP contribution in [0.25, 0.3) is 0 Å². The standard InChI is InChI=1S/C8H13F2NO/c1-2-3-11-7(12)6-4-8(9,10)5-6/h6H,2-5H2,1H3,(H,11,12). The van der Waals surface area contributed by atoms with Gasteiger partial charge in [-0.2, -0.15) is 0 Å². The molecule has 4 heteroatoms. The summed E-state index contributed by atoms with van der Waals surface area (Å²) in [4.78, 5) is 11.0. The third-order valence-corrected chi connectivity index (χ3v) is 2.01. The zero-order valence-electron chi connectivity index (χ0n) is 7.07. The Kier molecular flexibility index (Phi) is 2.65. The molecule has 1 aliphatic rings. The Morgan fingerprint density at radius 1 is 1.58 bits per heavy atom. The zero-order chi connectivity index (χ0) is 9.19. The summed E-state index contributed by atoms with van der Waals surface area (Å²) in [6.07, 6.45) is 0.292. The fourth-order valence-electron chi connectivity index (χ4n) is 1.24. The van der Waals surface area contributed by atoms with Crippen molar-refractivity contribution < 1.29 is 13.6 Å². The highest BCUT2D eigenvalue weighted by atomic mass is 19.3. The smallest absolute Gasteiger partial charge is 0.249 e. The van der Waals surface area contributed by atoms with Gasteiger partial charge in [0.2, 0.25) is 11.8 Å². The van der Waals surface area contributed by atoms with E-state index in [9.17, 15) is 13.6 Å². The Morgan fingerprint density at radius 3 is 2.58 bits per heavy atom. The molecular weight excluding hydrogens is 164 g/mol. The molecule has 0 saturated heterocycles. The fraction of sp³-hybridized carbons (Fsp3) is 0.875. The lowest BCUT2D eigenvalue weighted by molar-refractivity contribution is -0.150. The van der Waals surface area contributed by atoms with Gasteiger partial charge in [0.05, 0.1) is 0 Å². The molecular formula is C8H13F2NO. The lowest BCUT2D eigenvalue weighted by Gasteiger charge is -2.33. The summed E-state index contributed by atoms with van der Waals surface area (Å²) >= 11 is 0. The maximum absolute atomic E-state index is 12.3. The van der Waals surface area contributed by atoms with Crippen molar-refractivity contribution in [3.05, 3.63) is 0 Å². The molecule has 1 aliphatic carbocycles. The van der Waals surface area contributed by atoms with E-state index >= 15 is 0 Å². The van der Waals surface area contributed by atoms with Crippen molar-refractivity contribution in [2.24, 2.45) is 5.92 Å². The van der Waals surface area contributed by atoms with Crippen LogP contribution in [0.2, 0.25) is 0 Å². The van der Waals surface area contributed by atoms with Crippen molar-refractivity contribution in [2.45, 2.75) is 32.1 Å². The molecule has 0 bridgehead atoms. The van der Waals surface area contributed by atoms with Crippen LogP contribution in [0.4, 0.5) is 8.78 Å². The largest absolute Gasteiger partial charge is 0.356 e. The average molecular weight is 177 g/mol. The number of carbonyl (C=O) groups is 1. The van der Waals surface area contributed by atoms with E-state index in [1.54, 1.807) is 0 Å². The molecule has 0 radical (unpaired) electrons. The second-order valence-corrected chi connectivity index (χ2v) is 3.25. The molecule has 1 N–H and O–H groups in total. The van der Waals surface area contributed by atoms with Gasteiger partial charge in [0, 0.05) is 25.3 Å². The zero-order valence-corrected chi connectivity index (χ0v) is 7.07. The predicted molar refractivity (Wildman–Crippen MR) is 41.0 cm³/mol. The van der Waals surface area contributed by atoms with E-state index in [2.05, 4.69) is 5.32 Å². The second-order valence-electron chi connectivity index (χ2n) is 3.25. The van der Waals surface area contributed by atoms with E-state index in [0.29, 0.717) is 6.54 Å². The molecule has 0 aromatic rings. The first-order valence-electron chi connectivity index (χ1n) is 4.21. The first-order chi connectivity index (χ1) is 5.55. The first-order valence-corrected chi connectivity index (χ1v) is 4.21. The minimum Gasteiger partial charge on any atom is -0.356 e. The summed E-state index contributed by atoms with van der Waals surface area (Å²) in [6.45, 7) is 2.51. The van der Waals surface area contributed by atoms with Crippen LogP contribution in [-0.2, 0) is 4.79 Å². The van der Waals surface area contributed by atoms with Crippen LogP contribution in [-0.4, -0.2) is 18.4 Å². The molecule has 0 aliphatic heterocycles. The number of rotatable bonds is 3. The van der Waals surface area contributed by atoms with Crippen LogP contribution in [0.5, 0.6) is 0 Å². The maximum Gasteiger partial charge on any atom is 0.249 e. The van der Waals surface area contributed by atoms with Crippen molar-refractivity contribution in [3.63, 3.8) is 0 Å². The molecule has 1 fully saturated rings. The molecule has 0 heterocycles. The van der Waals surface area contributed by atoms with E-state index in [1.165, 1.54) is 0 Å². The Morgan fingerprint density at radius 2 is 2.17 bits per heavy atom. The maximum atomic E-state index is 12.3. The number of hydrogen-bond acceptors (Lipinski definition) is 1. The van der Waals surface area contributed by atoms with Crippen molar-refractivity contribution in [3.8, 4) is 0 Å². The average Bonchev–Trinajstić information content (AvgIpc) is 1.95. The van der Waals surface area contributed by atoms with Gasteiger partial charge in [-0.1, -0.05) is 6.92 Å². The monoisotopic (exact) mass is 177 g/mol. The van der Waals surface area contributed by atoms with Crippen LogP contribution >= 0.6 is 0 Å². The summed E-state index contributed by atoms with van der Waals surface area (Å²) in [5, 5.41) is 2.60. The molecule has 1 saturated carbocycles. The van der Waals surface area contributed by atoms with Crippen LogP contribution < -0.4 is 5.32 Å². The highest BCUT2D eigenvalue weighted by molar-refractivity contribution is 5.79. The lowest BCUT2D eigenvalue weighted by atomic mass is 9.81. The third kappa shape index (κ3) is 2.16. The quantitative estimate of drug-likeness (QED) is 0.696. The van der Waals surface area contributed by atoms with Gasteiger partial charge in [-0.25, -0.2) is 8.78 Å². The molecule has 1 rings (SSSR count). The van der Waals surface area contributed by atoms with E-state index < -0.39 is 11.8 Å². The normalized spacial score (nSPS) is 21.6. The van der Waals surface area contributed by atoms with Crippen molar-refractivity contribution in [2.75, 3.05) is 6.54 Å². The molecule has 2 nitrogen and oxygen atoms in total. The van der Waals surface area contributed by atoms with Gasteiger partial charge < -0.3 is 5.32 Å². The number of nitrogens with one attached hydrogen (secondary N) is 1. The summed E-state index contributed by atoms with van der Waals surface area (Å²) < 4.78 is 24.6. The van der Waals surface area contributed by atoms with Gasteiger partial charge in [0.1, 0.15) is 0 Å². The van der Waals surface area contributed by atoms with Crippen molar-refractivity contribution in [1.29, 1.82) is 0 Å². The van der Waals surface area contributed by atoms with E-state index in [0.717, 1.165) is 6.42 Å². The predicted octanol–water partition coefficient (Wildman–Crippen LogP) is 1.56. The molecule has 1 amide bonds. The summed E-state index contributed by atoms with van der Waals surface area (Å²) in [5.74, 6) is -3.26. The Hall–Kier alpha value is -0.670. The van der Waals surface area contributed by atoms with Crippen molar-refractivity contribution >= 4 is 5.91 Å². The number of halogens is 2. The topological polar surface area (TPSA) is 29.1 Å². The first kappa shape index (κ1) is 9.42. The van der Waals surface area contributed by atoms with Crippen LogP contribution in [0.1, 0.15) is 26.2 Å². The van der Waals surface area contributed by atoms with Gasteiger partial charge in [-0.15, -0.1) is 0 Å². The summed E-state index contributed by atoms with van der Waals surface area (Å²) in [5.41, 5.74) is 0. The van der Waals surface area contributed by atoms with Crippen molar-refractivity contribution in [1.82, 2.24) is 5.32 Å². The van der Waals surface area contributed by atoms with E-state index in [4.69, 9.17) is 0 Å². The molecule has 0 aromatic carbocycles. The molecule has 12 heavy (non-hydrogen) atoms. The number of amides is 1. The number of alkyl halides is 2. The second kappa shape index (κ2) is 3.37. The fourth-order valence-corrected chi connectivity index (χ4v) is 1.24. The minimum absolute atomic E-state index is 0.220. The minimum atomic E-state index is -2.59. The van der Waals surface area contributed by atoms with Gasteiger partial charge in [-0.05, 0) is 6.42 Å². The SMILES string of the molecule is CCCNC(=O)C1CC(F)(F)C1. The van der Waals surface area contributed by atoms with Gasteiger partial charge >= 0.3 is 0 Å². The van der Waals surface area contributed by atoms with E-state index in [1.807, 2.05) is 6.92 Å². The van der Waals surface area contributed by atoms with Crippen LogP contribution in [0.3, 0.4) is 0 Å². The Balaban J connectivity index is 2.19. The lowest BCUT2D eigenvalue weighted by Crippen LogP contribution is -2.45. The Labute approximate surface area is 70.3 Å². The van der Waals surface area contributed by atoms with Gasteiger partial charge in [0.25, 0.3) is 0 Å². The molecule has 0 aromatic heterocycles. The van der Waals surface area contributed by atoms with Gasteiger partial charge in [-0.3, -0.25) is 4.79 Å². The number of hydrogen-bond donors (Lipinski definition) is 1. The molecule has 0 unspecified atom stereocenters. The summed E-state index contributed by atoms with van der Waals surface area (Å²) in [6, 6.07) is 0. The Bertz CT molecular complexity index is 174. The summed E-state index contributed by atoms with van der Waals surface area (Å²) in [7, 11) is 0. The highest BCUT2D eigenvalue weighted by Crippen LogP contribution is 2.42. The van der Waals surface area contributed by atoms with E-state index in [-0.39, 0.29) is 18.7 Å². The van der Waals surface area contributed by atoms with Crippen LogP contribution in [0, 0.1) is 5.92 Å². The highest BCUT2D eigenvalue weighted by Gasteiger charge is 2.48. The number of carbonyl (C=O) groups excluding carboxylic acids is 1. The molecule has 70 valence electrons. The third-order valence-electron chi connectivity index (χ3n) is 2.01. The molecule has 0 atom stereocenters. The van der Waals surface area contributed by atoms with Crippen LogP contribution in [0.15, 0.2) is 0 Å². The molecule has 0 spiro atoms.